The number of nitrogens with zero attached hydrogens (tertiary/aromatic N) is 2. The molecule has 1 saturated heterocycles. The Kier molecular flexibility index (Phi) is 3.90. The van der Waals surface area contributed by atoms with Crippen molar-refractivity contribution in [1.82, 2.24) is 9.69 Å². The fourth-order valence-electron chi connectivity index (χ4n) is 2.12. The molecule has 0 spiro atoms. The van der Waals surface area contributed by atoms with Crippen LogP contribution in [0.25, 0.3) is 0 Å². The van der Waals surface area contributed by atoms with Crippen LogP contribution in [0.2, 0.25) is 0 Å². The molecule has 1 atom stereocenters. The van der Waals surface area contributed by atoms with Gasteiger partial charge in [-0.15, -0.1) is 0 Å². The molecular weight excluding hydrogens is 252 g/mol. The highest BCUT2D eigenvalue weighted by Crippen LogP contribution is 2.39. The van der Waals surface area contributed by atoms with E-state index in [2.05, 4.69) is 14.6 Å². The maximum atomic E-state index is 11.0. The fourth-order valence-corrected chi connectivity index (χ4v) is 2.91. The lowest BCUT2D eigenvalue weighted by atomic mass is 10.3. The van der Waals surface area contributed by atoms with Gasteiger partial charge in [-0.3, -0.25) is 4.79 Å². The van der Waals surface area contributed by atoms with Gasteiger partial charge in [-0.1, -0.05) is 0 Å². The predicted molar refractivity (Wildman–Crippen MR) is 72.1 cm³/mol. The summed E-state index contributed by atoms with van der Waals surface area (Å²) in [6.07, 6.45) is 0.933. The SMILES string of the molecule is CCOc1c(N)nsc1N1CCC(NC(C)=O)C1. The van der Waals surface area contributed by atoms with Gasteiger partial charge in [0.1, 0.15) is 0 Å². The first kappa shape index (κ1) is 12.9. The molecule has 1 fully saturated rings. The van der Waals surface area contributed by atoms with Crippen LogP contribution in [0.15, 0.2) is 0 Å². The van der Waals surface area contributed by atoms with E-state index in [4.69, 9.17) is 10.5 Å². The number of nitrogens with two attached hydrogens (primary N) is 1. The minimum atomic E-state index is 0.00991. The summed E-state index contributed by atoms with van der Waals surface area (Å²) in [5.74, 6) is 1.13. The Morgan fingerprint density at radius 2 is 2.50 bits per heavy atom. The average molecular weight is 270 g/mol. The van der Waals surface area contributed by atoms with Crippen LogP contribution in [0.1, 0.15) is 20.3 Å². The number of rotatable bonds is 4. The van der Waals surface area contributed by atoms with Crippen LogP contribution >= 0.6 is 11.5 Å². The zero-order chi connectivity index (χ0) is 13.1. The Balaban J connectivity index is 2.07. The average Bonchev–Trinajstić information content (AvgIpc) is 2.87. The Bertz CT molecular complexity index is 435. The molecule has 1 aliphatic heterocycles. The van der Waals surface area contributed by atoms with E-state index in [1.807, 2.05) is 6.92 Å². The van der Waals surface area contributed by atoms with Gasteiger partial charge in [0.2, 0.25) is 5.91 Å². The molecule has 1 aliphatic rings. The van der Waals surface area contributed by atoms with Crippen molar-refractivity contribution in [2.45, 2.75) is 26.3 Å². The highest BCUT2D eigenvalue weighted by molar-refractivity contribution is 7.11. The summed E-state index contributed by atoms with van der Waals surface area (Å²) in [5.41, 5.74) is 5.79. The molecule has 3 N–H and O–H groups in total. The quantitative estimate of drug-likeness (QED) is 0.847. The molecule has 2 heterocycles. The summed E-state index contributed by atoms with van der Waals surface area (Å²) in [5, 5.41) is 3.89. The summed E-state index contributed by atoms with van der Waals surface area (Å²) in [6.45, 7) is 5.69. The highest BCUT2D eigenvalue weighted by Gasteiger charge is 2.27. The standard InChI is InChI=1S/C11H18N4O2S/c1-3-17-9-10(12)14-18-11(9)15-5-4-8(6-15)13-7(2)16/h8H,3-6H2,1-2H3,(H2,12,14)(H,13,16). The molecule has 0 bridgehead atoms. The largest absolute Gasteiger partial charge is 0.487 e. The van der Waals surface area contributed by atoms with Gasteiger partial charge in [0.15, 0.2) is 16.6 Å². The van der Waals surface area contributed by atoms with Gasteiger partial charge in [0.25, 0.3) is 0 Å². The number of nitrogen functional groups attached to an aromatic ring is 1. The molecular formula is C11H18N4O2S. The van der Waals surface area contributed by atoms with Crippen LogP contribution in [0.3, 0.4) is 0 Å². The first-order valence-electron chi connectivity index (χ1n) is 6.01. The van der Waals surface area contributed by atoms with Crippen molar-refractivity contribution in [2.24, 2.45) is 0 Å². The smallest absolute Gasteiger partial charge is 0.217 e. The minimum Gasteiger partial charge on any atom is -0.487 e. The first-order valence-corrected chi connectivity index (χ1v) is 6.79. The fraction of sp³-hybridized carbons (Fsp3) is 0.636. The third-order valence-corrected chi connectivity index (χ3v) is 3.73. The maximum Gasteiger partial charge on any atom is 0.217 e. The number of carbonyl (C=O) groups is 1. The molecule has 0 aromatic carbocycles. The van der Waals surface area contributed by atoms with E-state index >= 15 is 0 Å². The van der Waals surface area contributed by atoms with Crippen molar-refractivity contribution in [2.75, 3.05) is 30.3 Å². The first-order chi connectivity index (χ1) is 8.61. The van der Waals surface area contributed by atoms with E-state index in [1.54, 1.807) is 6.92 Å². The molecule has 1 unspecified atom stereocenters. The van der Waals surface area contributed by atoms with Crippen LogP contribution in [-0.4, -0.2) is 36.0 Å². The zero-order valence-corrected chi connectivity index (χ0v) is 11.4. The van der Waals surface area contributed by atoms with Crippen molar-refractivity contribution in [3.63, 3.8) is 0 Å². The number of ether oxygens (including phenoxy) is 1. The van der Waals surface area contributed by atoms with E-state index in [9.17, 15) is 4.79 Å². The number of hydrogen-bond donors (Lipinski definition) is 2. The summed E-state index contributed by atoms with van der Waals surface area (Å²) < 4.78 is 9.66. The Morgan fingerprint density at radius 1 is 1.72 bits per heavy atom. The van der Waals surface area contributed by atoms with Crippen LogP contribution in [0.4, 0.5) is 10.8 Å². The summed E-state index contributed by atoms with van der Waals surface area (Å²) in [4.78, 5) is 13.2. The number of carbonyl (C=O) groups excluding carboxylic acids is 1. The van der Waals surface area contributed by atoms with Crippen LogP contribution in [-0.2, 0) is 4.79 Å². The van der Waals surface area contributed by atoms with Crippen molar-refractivity contribution in [3.8, 4) is 5.75 Å². The second kappa shape index (κ2) is 5.43. The molecule has 18 heavy (non-hydrogen) atoms. The summed E-state index contributed by atoms with van der Waals surface area (Å²) >= 11 is 1.35. The molecule has 0 aliphatic carbocycles. The number of nitrogens with one attached hydrogen (secondary N) is 1. The lowest BCUT2D eigenvalue weighted by molar-refractivity contribution is -0.119. The normalized spacial score (nSPS) is 19.0. The van der Waals surface area contributed by atoms with Crippen molar-refractivity contribution in [3.05, 3.63) is 0 Å². The summed E-state index contributed by atoms with van der Waals surface area (Å²) in [6, 6.07) is 0.195. The second-order valence-corrected chi connectivity index (χ2v) is 5.02. The van der Waals surface area contributed by atoms with Gasteiger partial charge in [0.05, 0.1) is 6.61 Å². The molecule has 0 radical (unpaired) electrons. The van der Waals surface area contributed by atoms with E-state index in [0.717, 1.165) is 24.5 Å². The van der Waals surface area contributed by atoms with Crippen molar-refractivity contribution in [1.29, 1.82) is 0 Å². The minimum absolute atomic E-state index is 0.00991. The van der Waals surface area contributed by atoms with Gasteiger partial charge in [-0.2, -0.15) is 4.37 Å². The molecule has 0 saturated carbocycles. The van der Waals surface area contributed by atoms with Gasteiger partial charge in [-0.05, 0) is 24.9 Å². The van der Waals surface area contributed by atoms with Crippen LogP contribution in [0, 0.1) is 0 Å². The predicted octanol–water partition coefficient (Wildman–Crippen LogP) is 0.839. The molecule has 6 nitrogen and oxygen atoms in total. The maximum absolute atomic E-state index is 11.0. The van der Waals surface area contributed by atoms with E-state index in [1.165, 1.54) is 11.5 Å². The molecule has 7 heteroatoms. The lowest BCUT2D eigenvalue weighted by Crippen LogP contribution is -2.35. The Labute approximate surface area is 110 Å². The van der Waals surface area contributed by atoms with Gasteiger partial charge in [0, 0.05) is 26.1 Å². The van der Waals surface area contributed by atoms with E-state index < -0.39 is 0 Å². The molecule has 100 valence electrons. The third-order valence-electron chi connectivity index (χ3n) is 2.83. The van der Waals surface area contributed by atoms with Crippen molar-refractivity contribution >= 4 is 28.3 Å². The number of anilines is 2. The number of aromatic nitrogens is 1. The zero-order valence-electron chi connectivity index (χ0n) is 10.6. The monoisotopic (exact) mass is 270 g/mol. The van der Waals surface area contributed by atoms with Crippen molar-refractivity contribution < 1.29 is 9.53 Å². The molecule has 1 aromatic heterocycles. The second-order valence-electron chi connectivity index (χ2n) is 4.27. The van der Waals surface area contributed by atoms with E-state index in [0.29, 0.717) is 18.2 Å². The van der Waals surface area contributed by atoms with Gasteiger partial charge >= 0.3 is 0 Å². The van der Waals surface area contributed by atoms with Gasteiger partial charge in [-0.25, -0.2) is 0 Å². The molecule has 2 rings (SSSR count). The van der Waals surface area contributed by atoms with E-state index in [-0.39, 0.29) is 11.9 Å². The third kappa shape index (κ3) is 2.66. The lowest BCUT2D eigenvalue weighted by Gasteiger charge is -2.18. The van der Waals surface area contributed by atoms with Gasteiger partial charge < -0.3 is 20.7 Å². The van der Waals surface area contributed by atoms with Crippen LogP contribution < -0.4 is 20.7 Å². The highest BCUT2D eigenvalue weighted by atomic mass is 32.1. The topological polar surface area (TPSA) is 80.5 Å². The Morgan fingerprint density at radius 3 is 3.17 bits per heavy atom. The number of hydrogen-bond acceptors (Lipinski definition) is 6. The Hall–Kier alpha value is -1.50. The summed E-state index contributed by atoms with van der Waals surface area (Å²) in [7, 11) is 0. The molecule has 1 aromatic rings. The molecule has 1 amide bonds. The number of amides is 1. The van der Waals surface area contributed by atoms with Crippen LogP contribution in [0.5, 0.6) is 5.75 Å².